The molecule has 2 heterocycles. The summed E-state index contributed by atoms with van der Waals surface area (Å²) in [6.07, 6.45) is 7.99. The number of hydrogen-bond donors (Lipinski definition) is 0. The summed E-state index contributed by atoms with van der Waals surface area (Å²) in [6, 6.07) is 1.78. The highest BCUT2D eigenvalue weighted by Crippen LogP contribution is 2.36. The maximum Gasteiger partial charge on any atom is 0.136 e. The van der Waals surface area contributed by atoms with Crippen LogP contribution < -0.4 is 0 Å². The van der Waals surface area contributed by atoms with E-state index < -0.39 is 0 Å². The van der Waals surface area contributed by atoms with Crippen LogP contribution in [-0.4, -0.2) is 28.8 Å². The van der Waals surface area contributed by atoms with Crippen molar-refractivity contribution in [3.63, 3.8) is 0 Å². The molecule has 2 rings (SSSR count). The van der Waals surface area contributed by atoms with E-state index >= 15 is 0 Å². The lowest BCUT2D eigenvalue weighted by Crippen LogP contribution is -2.57. The lowest BCUT2D eigenvalue weighted by molar-refractivity contribution is -0.129. The topological polar surface area (TPSA) is 20.3 Å². The van der Waals surface area contributed by atoms with Gasteiger partial charge in [0.05, 0.1) is 0 Å². The zero-order chi connectivity index (χ0) is 12.4. The molecule has 2 aliphatic heterocycles. The van der Waals surface area contributed by atoms with Crippen LogP contribution in [0.2, 0.25) is 0 Å². The molecule has 2 bridgehead atoms. The fourth-order valence-electron chi connectivity index (χ4n) is 4.09. The van der Waals surface area contributed by atoms with E-state index in [1.54, 1.807) is 0 Å². The fourth-order valence-corrected chi connectivity index (χ4v) is 4.09. The highest BCUT2D eigenvalue weighted by atomic mass is 16.1. The highest BCUT2D eigenvalue weighted by Gasteiger charge is 2.40. The number of carbonyl (C=O) groups excluding carboxylic acids is 1. The van der Waals surface area contributed by atoms with Crippen molar-refractivity contribution in [1.29, 1.82) is 0 Å². The van der Waals surface area contributed by atoms with Crippen molar-refractivity contribution in [2.24, 2.45) is 5.92 Å². The predicted molar refractivity (Wildman–Crippen MR) is 71.0 cm³/mol. The van der Waals surface area contributed by atoms with Gasteiger partial charge in [-0.3, -0.25) is 9.69 Å². The third-order valence-electron chi connectivity index (χ3n) is 5.05. The van der Waals surface area contributed by atoms with Crippen LogP contribution in [-0.2, 0) is 4.79 Å². The van der Waals surface area contributed by atoms with E-state index in [4.69, 9.17) is 0 Å². The maximum atomic E-state index is 11.7. The first-order valence-corrected chi connectivity index (χ1v) is 7.46. The maximum absolute atomic E-state index is 11.7. The fraction of sp³-hybridized carbons (Fsp3) is 0.933. The number of carbonyl (C=O) groups is 1. The van der Waals surface area contributed by atoms with Crippen molar-refractivity contribution in [2.75, 3.05) is 0 Å². The summed E-state index contributed by atoms with van der Waals surface area (Å²) >= 11 is 0. The summed E-state index contributed by atoms with van der Waals surface area (Å²) < 4.78 is 0. The first-order chi connectivity index (χ1) is 8.17. The molecule has 2 aliphatic rings. The number of rotatable bonds is 4. The van der Waals surface area contributed by atoms with Crippen molar-refractivity contribution in [1.82, 2.24) is 4.90 Å². The van der Waals surface area contributed by atoms with Crippen LogP contribution in [0.25, 0.3) is 0 Å². The summed E-state index contributed by atoms with van der Waals surface area (Å²) in [4.78, 5) is 14.4. The van der Waals surface area contributed by atoms with Gasteiger partial charge in [-0.1, -0.05) is 33.1 Å². The number of piperidine rings is 2. The van der Waals surface area contributed by atoms with Crippen LogP contribution in [0.1, 0.15) is 65.7 Å². The molecule has 0 saturated carbocycles. The van der Waals surface area contributed by atoms with Gasteiger partial charge in [0.15, 0.2) is 0 Å². The lowest BCUT2D eigenvalue weighted by atomic mass is 9.80. The summed E-state index contributed by atoms with van der Waals surface area (Å²) in [7, 11) is 0. The molecule has 0 aromatic carbocycles. The molecular weight excluding hydrogens is 210 g/mol. The average molecular weight is 237 g/mol. The molecular formula is C15H27NO. The Morgan fingerprint density at radius 1 is 1.18 bits per heavy atom. The minimum Gasteiger partial charge on any atom is -0.300 e. The zero-order valence-corrected chi connectivity index (χ0v) is 11.6. The van der Waals surface area contributed by atoms with E-state index in [1.807, 2.05) is 0 Å². The van der Waals surface area contributed by atoms with E-state index in [-0.39, 0.29) is 0 Å². The molecule has 0 N–H and O–H groups in total. The number of Topliss-reactive ketones (excluding diaryl/α,β-unsaturated/α-hetero) is 1. The normalized spacial score (nSPS) is 31.9. The molecule has 0 aromatic heterocycles. The first kappa shape index (κ1) is 13.1. The first-order valence-electron chi connectivity index (χ1n) is 7.46. The Hall–Kier alpha value is -0.370. The van der Waals surface area contributed by atoms with Gasteiger partial charge in [-0.25, -0.2) is 0 Å². The molecule has 0 spiro atoms. The van der Waals surface area contributed by atoms with Crippen molar-refractivity contribution >= 4 is 5.78 Å². The summed E-state index contributed by atoms with van der Waals surface area (Å²) in [5, 5.41) is 0. The third-order valence-corrected chi connectivity index (χ3v) is 5.05. The summed E-state index contributed by atoms with van der Waals surface area (Å²) in [5.41, 5.74) is 0. The molecule has 2 nitrogen and oxygen atoms in total. The summed E-state index contributed by atoms with van der Waals surface area (Å²) in [6.45, 7) is 6.99. The molecule has 0 aliphatic carbocycles. The monoisotopic (exact) mass is 237 g/mol. The minimum atomic E-state index is 0.507. The van der Waals surface area contributed by atoms with Gasteiger partial charge >= 0.3 is 0 Å². The second kappa shape index (κ2) is 5.51. The van der Waals surface area contributed by atoms with Crippen molar-refractivity contribution in [3.05, 3.63) is 0 Å². The van der Waals surface area contributed by atoms with Crippen molar-refractivity contribution < 1.29 is 4.79 Å². The standard InChI is InChI=1S/C15H27NO/c1-4-12(5-2)11(3)16-13-7-6-8-14(16)10-15(17)9-13/h11-14H,4-10H2,1-3H3. The van der Waals surface area contributed by atoms with Crippen molar-refractivity contribution in [3.8, 4) is 0 Å². The molecule has 17 heavy (non-hydrogen) atoms. The molecule has 2 fully saturated rings. The second-order valence-corrected chi connectivity index (χ2v) is 5.95. The summed E-state index contributed by atoms with van der Waals surface area (Å²) in [5.74, 6) is 1.30. The van der Waals surface area contributed by atoms with E-state index in [9.17, 15) is 4.79 Å². The van der Waals surface area contributed by atoms with Crippen LogP contribution in [0.15, 0.2) is 0 Å². The Kier molecular flexibility index (Phi) is 4.24. The van der Waals surface area contributed by atoms with Gasteiger partial charge in [0.25, 0.3) is 0 Å². The number of ketones is 1. The Balaban J connectivity index is 2.11. The SMILES string of the molecule is CCC(CC)C(C)N1C2CCCC1CC(=O)C2. The molecule has 0 radical (unpaired) electrons. The number of nitrogens with zero attached hydrogens (tertiary/aromatic N) is 1. The zero-order valence-electron chi connectivity index (χ0n) is 11.6. The molecule has 2 heteroatoms. The van der Waals surface area contributed by atoms with Gasteiger partial charge in [-0.05, 0) is 25.7 Å². The smallest absolute Gasteiger partial charge is 0.136 e. The quantitative estimate of drug-likeness (QED) is 0.747. The van der Waals surface area contributed by atoms with Crippen LogP contribution in [0, 0.1) is 5.92 Å². The van der Waals surface area contributed by atoms with Crippen LogP contribution in [0.3, 0.4) is 0 Å². The van der Waals surface area contributed by atoms with Gasteiger partial charge in [-0.15, -0.1) is 0 Å². The van der Waals surface area contributed by atoms with Crippen LogP contribution in [0.5, 0.6) is 0 Å². The van der Waals surface area contributed by atoms with E-state index in [2.05, 4.69) is 25.7 Å². The van der Waals surface area contributed by atoms with E-state index in [1.165, 1.54) is 32.1 Å². The number of fused-ring (bicyclic) bond motifs is 2. The van der Waals surface area contributed by atoms with E-state index in [0.29, 0.717) is 23.9 Å². The van der Waals surface area contributed by atoms with Crippen LogP contribution >= 0.6 is 0 Å². The second-order valence-electron chi connectivity index (χ2n) is 5.95. The average Bonchev–Trinajstić information content (AvgIpc) is 2.29. The largest absolute Gasteiger partial charge is 0.300 e. The van der Waals surface area contributed by atoms with Gasteiger partial charge in [0.1, 0.15) is 5.78 Å². The lowest BCUT2D eigenvalue weighted by Gasteiger charge is -2.50. The Bertz CT molecular complexity index is 256. The molecule has 3 atom stereocenters. The molecule has 0 amide bonds. The Morgan fingerprint density at radius 3 is 2.18 bits per heavy atom. The minimum absolute atomic E-state index is 0.507. The van der Waals surface area contributed by atoms with Gasteiger partial charge in [-0.2, -0.15) is 0 Å². The van der Waals surface area contributed by atoms with Crippen molar-refractivity contribution in [2.45, 2.75) is 83.8 Å². The molecule has 0 aromatic rings. The van der Waals surface area contributed by atoms with Gasteiger partial charge < -0.3 is 0 Å². The van der Waals surface area contributed by atoms with E-state index in [0.717, 1.165) is 18.8 Å². The van der Waals surface area contributed by atoms with Gasteiger partial charge in [0, 0.05) is 31.0 Å². The highest BCUT2D eigenvalue weighted by molar-refractivity contribution is 5.80. The Morgan fingerprint density at radius 2 is 1.71 bits per heavy atom. The number of hydrogen-bond acceptors (Lipinski definition) is 2. The molecule has 98 valence electrons. The molecule has 3 unspecified atom stereocenters. The Labute approximate surface area is 106 Å². The predicted octanol–water partition coefficient (Wildman–Crippen LogP) is 3.40. The third kappa shape index (κ3) is 2.57. The van der Waals surface area contributed by atoms with Gasteiger partial charge in [0.2, 0.25) is 0 Å². The van der Waals surface area contributed by atoms with Crippen LogP contribution in [0.4, 0.5) is 0 Å². The molecule has 2 saturated heterocycles.